The van der Waals surface area contributed by atoms with E-state index in [0.717, 1.165) is 11.1 Å². The molecule has 0 heterocycles. The van der Waals surface area contributed by atoms with Gasteiger partial charge in [0.15, 0.2) is 5.78 Å². The zero-order valence-electron chi connectivity index (χ0n) is 11.8. The molecule has 0 aliphatic rings. The van der Waals surface area contributed by atoms with Gasteiger partial charge in [0.2, 0.25) is 0 Å². The highest BCUT2D eigenvalue weighted by atomic mass is 16.5. The van der Waals surface area contributed by atoms with Crippen LogP contribution in [0, 0.1) is 13.8 Å². The number of ether oxygens (including phenoxy) is 1. The van der Waals surface area contributed by atoms with Crippen molar-refractivity contribution in [1.29, 1.82) is 0 Å². The van der Waals surface area contributed by atoms with E-state index in [2.05, 4.69) is 0 Å². The lowest BCUT2D eigenvalue weighted by atomic mass is 9.97. The summed E-state index contributed by atoms with van der Waals surface area (Å²) in [4.78, 5) is 23.7. The molecule has 0 radical (unpaired) electrons. The number of carbonyl (C=O) groups excluding carboxylic acids is 2. The average molecular weight is 268 g/mol. The standard InChI is InChI=1S/C17H16O3/c1-11-8-9-12(2)15(10-11)17(19)14-6-4-5-7-16(14)20-13(3)18/h4-10H,1-3H3. The molecule has 0 aromatic heterocycles. The molecule has 3 heteroatoms. The van der Waals surface area contributed by atoms with E-state index in [9.17, 15) is 9.59 Å². The van der Waals surface area contributed by atoms with Crippen molar-refractivity contribution < 1.29 is 14.3 Å². The molecular formula is C17H16O3. The molecule has 2 aromatic rings. The molecule has 0 aliphatic heterocycles. The summed E-state index contributed by atoms with van der Waals surface area (Å²) in [7, 11) is 0. The predicted molar refractivity (Wildman–Crippen MR) is 77.1 cm³/mol. The highest BCUT2D eigenvalue weighted by Crippen LogP contribution is 2.23. The minimum Gasteiger partial charge on any atom is -0.426 e. The van der Waals surface area contributed by atoms with Gasteiger partial charge in [0, 0.05) is 12.5 Å². The van der Waals surface area contributed by atoms with Crippen LogP contribution >= 0.6 is 0 Å². The summed E-state index contributed by atoms with van der Waals surface area (Å²) < 4.78 is 5.10. The number of esters is 1. The molecule has 2 rings (SSSR count). The molecule has 0 bridgehead atoms. The molecule has 102 valence electrons. The second-order valence-corrected chi connectivity index (χ2v) is 4.74. The third-order valence-corrected chi connectivity index (χ3v) is 3.02. The molecule has 20 heavy (non-hydrogen) atoms. The van der Waals surface area contributed by atoms with Crippen molar-refractivity contribution in [2.75, 3.05) is 0 Å². The average Bonchev–Trinajstić information content (AvgIpc) is 2.41. The van der Waals surface area contributed by atoms with E-state index in [4.69, 9.17) is 4.74 Å². The summed E-state index contributed by atoms with van der Waals surface area (Å²) in [5.74, 6) is -0.278. The van der Waals surface area contributed by atoms with Gasteiger partial charge in [-0.3, -0.25) is 9.59 Å². The third-order valence-electron chi connectivity index (χ3n) is 3.02. The Morgan fingerprint density at radius 3 is 2.35 bits per heavy atom. The Kier molecular flexibility index (Phi) is 3.99. The largest absolute Gasteiger partial charge is 0.426 e. The number of benzene rings is 2. The second kappa shape index (κ2) is 5.70. The fourth-order valence-corrected chi connectivity index (χ4v) is 2.02. The maximum absolute atomic E-state index is 12.6. The van der Waals surface area contributed by atoms with Gasteiger partial charge in [-0.25, -0.2) is 0 Å². The maximum Gasteiger partial charge on any atom is 0.308 e. The van der Waals surface area contributed by atoms with E-state index < -0.39 is 5.97 Å². The van der Waals surface area contributed by atoms with Crippen LogP contribution in [0.25, 0.3) is 0 Å². The third kappa shape index (κ3) is 2.94. The Morgan fingerprint density at radius 2 is 1.65 bits per heavy atom. The first-order valence-corrected chi connectivity index (χ1v) is 6.38. The molecular weight excluding hydrogens is 252 g/mol. The van der Waals surface area contributed by atoms with Gasteiger partial charge in [0.1, 0.15) is 5.75 Å². The summed E-state index contributed by atoms with van der Waals surface area (Å²) in [6.45, 7) is 5.15. The molecule has 0 saturated heterocycles. The quantitative estimate of drug-likeness (QED) is 0.486. The van der Waals surface area contributed by atoms with E-state index >= 15 is 0 Å². The predicted octanol–water partition coefficient (Wildman–Crippen LogP) is 3.46. The summed E-state index contributed by atoms with van der Waals surface area (Å²) in [6, 6.07) is 12.5. The van der Waals surface area contributed by atoms with Crippen molar-refractivity contribution in [3.63, 3.8) is 0 Å². The molecule has 0 unspecified atom stereocenters. The summed E-state index contributed by atoms with van der Waals surface area (Å²) in [5.41, 5.74) is 2.95. The number of para-hydroxylation sites is 1. The van der Waals surface area contributed by atoms with Crippen molar-refractivity contribution in [2.24, 2.45) is 0 Å². The molecule has 0 atom stereocenters. The first-order valence-electron chi connectivity index (χ1n) is 6.38. The van der Waals surface area contributed by atoms with Crippen LogP contribution in [0.2, 0.25) is 0 Å². The van der Waals surface area contributed by atoms with E-state index in [1.165, 1.54) is 6.92 Å². The fourth-order valence-electron chi connectivity index (χ4n) is 2.02. The Balaban J connectivity index is 2.48. The monoisotopic (exact) mass is 268 g/mol. The summed E-state index contributed by atoms with van der Waals surface area (Å²) >= 11 is 0. The smallest absolute Gasteiger partial charge is 0.308 e. The number of hydrogen-bond acceptors (Lipinski definition) is 3. The minimum absolute atomic E-state index is 0.136. The van der Waals surface area contributed by atoms with E-state index in [-0.39, 0.29) is 5.78 Å². The van der Waals surface area contributed by atoms with Gasteiger partial charge >= 0.3 is 5.97 Å². The van der Waals surface area contributed by atoms with E-state index in [1.54, 1.807) is 24.3 Å². The van der Waals surface area contributed by atoms with Crippen molar-refractivity contribution >= 4 is 11.8 Å². The van der Waals surface area contributed by atoms with Crippen molar-refractivity contribution in [3.8, 4) is 5.75 Å². The lowest BCUT2D eigenvalue weighted by Gasteiger charge is -2.10. The Morgan fingerprint density at radius 1 is 0.950 bits per heavy atom. The van der Waals surface area contributed by atoms with Crippen molar-refractivity contribution in [2.45, 2.75) is 20.8 Å². The van der Waals surface area contributed by atoms with Gasteiger partial charge in [0.25, 0.3) is 0 Å². The van der Waals surface area contributed by atoms with Gasteiger partial charge in [-0.2, -0.15) is 0 Å². The van der Waals surface area contributed by atoms with Crippen molar-refractivity contribution in [3.05, 3.63) is 64.7 Å². The Labute approximate surface area is 118 Å². The highest BCUT2D eigenvalue weighted by Gasteiger charge is 2.17. The molecule has 0 fully saturated rings. The summed E-state index contributed by atoms with van der Waals surface area (Å²) in [6.07, 6.45) is 0. The topological polar surface area (TPSA) is 43.4 Å². The SMILES string of the molecule is CC(=O)Oc1ccccc1C(=O)c1cc(C)ccc1C. The summed E-state index contributed by atoms with van der Waals surface area (Å²) in [5, 5.41) is 0. The number of carbonyl (C=O) groups is 2. The van der Waals surface area contributed by atoms with Gasteiger partial charge in [-0.05, 0) is 37.6 Å². The zero-order valence-corrected chi connectivity index (χ0v) is 11.8. The van der Waals surface area contributed by atoms with Gasteiger partial charge < -0.3 is 4.74 Å². The number of aryl methyl sites for hydroxylation is 2. The molecule has 0 amide bonds. The lowest BCUT2D eigenvalue weighted by Crippen LogP contribution is -2.09. The van der Waals surface area contributed by atoms with Crippen LogP contribution in [0.5, 0.6) is 5.75 Å². The molecule has 0 N–H and O–H groups in total. The van der Waals surface area contributed by atoms with Crippen LogP contribution < -0.4 is 4.74 Å². The van der Waals surface area contributed by atoms with Crippen LogP contribution in [0.15, 0.2) is 42.5 Å². The van der Waals surface area contributed by atoms with Gasteiger partial charge in [-0.15, -0.1) is 0 Å². The molecule has 0 spiro atoms. The van der Waals surface area contributed by atoms with Crippen LogP contribution in [0.3, 0.4) is 0 Å². The van der Waals surface area contributed by atoms with Crippen LogP contribution in [0.4, 0.5) is 0 Å². The van der Waals surface area contributed by atoms with E-state index in [0.29, 0.717) is 16.9 Å². The van der Waals surface area contributed by atoms with Crippen LogP contribution in [-0.4, -0.2) is 11.8 Å². The number of rotatable bonds is 3. The normalized spacial score (nSPS) is 10.2. The Bertz CT molecular complexity index is 672. The number of ketones is 1. The first kappa shape index (κ1) is 14.0. The second-order valence-electron chi connectivity index (χ2n) is 4.74. The van der Waals surface area contributed by atoms with Gasteiger partial charge in [0.05, 0.1) is 5.56 Å². The van der Waals surface area contributed by atoms with Crippen LogP contribution in [-0.2, 0) is 4.79 Å². The number of hydrogen-bond donors (Lipinski definition) is 0. The molecule has 3 nitrogen and oxygen atoms in total. The van der Waals surface area contributed by atoms with Crippen LogP contribution in [0.1, 0.15) is 34.0 Å². The molecule has 0 saturated carbocycles. The molecule has 2 aromatic carbocycles. The highest BCUT2D eigenvalue weighted by molar-refractivity contribution is 6.11. The lowest BCUT2D eigenvalue weighted by molar-refractivity contribution is -0.131. The maximum atomic E-state index is 12.6. The fraction of sp³-hybridized carbons (Fsp3) is 0.176. The minimum atomic E-state index is -0.439. The van der Waals surface area contributed by atoms with Gasteiger partial charge in [-0.1, -0.05) is 29.8 Å². The molecule has 0 aliphatic carbocycles. The first-order chi connectivity index (χ1) is 9.49. The zero-order chi connectivity index (χ0) is 14.7. The Hall–Kier alpha value is -2.42. The van der Waals surface area contributed by atoms with E-state index in [1.807, 2.05) is 32.0 Å². The van der Waals surface area contributed by atoms with Crippen molar-refractivity contribution in [1.82, 2.24) is 0 Å².